The van der Waals surface area contributed by atoms with Crippen LogP contribution in [0.4, 0.5) is 5.82 Å². The van der Waals surface area contributed by atoms with E-state index in [-0.39, 0.29) is 27.8 Å². The van der Waals surface area contributed by atoms with Gasteiger partial charge < -0.3 is 10.1 Å². The van der Waals surface area contributed by atoms with Gasteiger partial charge in [-0.2, -0.15) is 0 Å². The molecular weight excluding hydrogens is 278 g/mol. The predicted octanol–water partition coefficient (Wildman–Crippen LogP) is 0.270. The van der Waals surface area contributed by atoms with Crippen LogP contribution in [0.25, 0.3) is 0 Å². The SMILES string of the molecule is Cc1nnc(C(=S=O)c2ncc([N+](=O)[O-])n2C)s1. The molecule has 0 bridgehead atoms. The zero-order valence-electron chi connectivity index (χ0n) is 9.35. The van der Waals surface area contributed by atoms with Gasteiger partial charge in [0.25, 0.3) is 0 Å². The molecule has 94 valence electrons. The molecule has 0 aliphatic carbocycles. The fourth-order valence-electron chi connectivity index (χ4n) is 1.34. The van der Waals surface area contributed by atoms with Crippen LogP contribution in [0, 0.1) is 17.0 Å². The molecule has 0 aliphatic heterocycles. The molecule has 2 heterocycles. The first kappa shape index (κ1) is 12.5. The molecule has 2 aromatic heterocycles. The first-order valence-electron chi connectivity index (χ1n) is 4.68. The van der Waals surface area contributed by atoms with Crippen LogP contribution in [0.1, 0.15) is 15.8 Å². The number of nitro groups is 1. The maximum atomic E-state index is 11.2. The Kier molecular flexibility index (Phi) is 3.30. The molecule has 0 atom stereocenters. The summed E-state index contributed by atoms with van der Waals surface area (Å²) in [5.41, 5.74) is 0. The van der Waals surface area contributed by atoms with Gasteiger partial charge in [-0.25, -0.2) is 13.8 Å². The fraction of sp³-hybridized carbons (Fsp3) is 0.250. The molecule has 0 saturated heterocycles. The van der Waals surface area contributed by atoms with E-state index >= 15 is 0 Å². The molecule has 0 spiro atoms. The zero-order valence-corrected chi connectivity index (χ0v) is 11.0. The summed E-state index contributed by atoms with van der Waals surface area (Å²) in [5, 5.41) is 19.5. The Morgan fingerprint density at radius 2 is 2.28 bits per heavy atom. The summed E-state index contributed by atoms with van der Waals surface area (Å²) in [6.07, 6.45) is 1.11. The molecule has 2 rings (SSSR count). The highest BCUT2D eigenvalue weighted by Gasteiger charge is 2.24. The van der Waals surface area contributed by atoms with Crippen molar-refractivity contribution >= 4 is 33.3 Å². The number of aryl methyl sites for hydroxylation is 1. The summed E-state index contributed by atoms with van der Waals surface area (Å²) in [6.45, 7) is 1.76. The van der Waals surface area contributed by atoms with Gasteiger partial charge in [0.2, 0.25) is 5.82 Å². The maximum Gasteiger partial charge on any atom is 0.342 e. The summed E-state index contributed by atoms with van der Waals surface area (Å²) in [6, 6.07) is 0. The van der Waals surface area contributed by atoms with Gasteiger partial charge in [-0.05, 0) is 11.8 Å². The van der Waals surface area contributed by atoms with Crippen molar-refractivity contribution in [3.8, 4) is 0 Å². The van der Waals surface area contributed by atoms with E-state index in [1.165, 1.54) is 23.0 Å². The van der Waals surface area contributed by atoms with E-state index in [9.17, 15) is 14.3 Å². The van der Waals surface area contributed by atoms with Gasteiger partial charge in [-0.15, -0.1) is 10.2 Å². The van der Waals surface area contributed by atoms with Crippen LogP contribution in [0.2, 0.25) is 0 Å². The predicted molar refractivity (Wildman–Crippen MR) is 65.9 cm³/mol. The minimum atomic E-state index is -0.561. The second-order valence-corrected chi connectivity index (χ2v) is 5.05. The number of nitrogens with zero attached hydrogens (tertiary/aromatic N) is 5. The van der Waals surface area contributed by atoms with Gasteiger partial charge in [0.1, 0.15) is 22.5 Å². The zero-order chi connectivity index (χ0) is 13.3. The molecule has 0 amide bonds. The van der Waals surface area contributed by atoms with Crippen LogP contribution in [0.3, 0.4) is 0 Å². The molecule has 0 fully saturated rings. The van der Waals surface area contributed by atoms with Gasteiger partial charge in [0.05, 0.1) is 7.05 Å². The Morgan fingerprint density at radius 3 is 2.72 bits per heavy atom. The third kappa shape index (κ3) is 2.07. The van der Waals surface area contributed by atoms with E-state index in [2.05, 4.69) is 15.2 Å². The molecule has 0 saturated carbocycles. The van der Waals surface area contributed by atoms with Crippen LogP contribution >= 0.6 is 11.3 Å². The minimum absolute atomic E-state index is 0.183. The number of rotatable bonds is 3. The first-order chi connectivity index (χ1) is 8.54. The van der Waals surface area contributed by atoms with E-state index in [4.69, 9.17) is 0 Å². The van der Waals surface area contributed by atoms with Crippen LogP contribution in [-0.4, -0.2) is 33.7 Å². The summed E-state index contributed by atoms with van der Waals surface area (Å²) in [7, 11) is 1.48. The van der Waals surface area contributed by atoms with E-state index in [0.717, 1.165) is 6.20 Å². The van der Waals surface area contributed by atoms with Gasteiger partial charge >= 0.3 is 5.82 Å². The average Bonchev–Trinajstić information content (AvgIpc) is 2.88. The highest BCUT2D eigenvalue weighted by molar-refractivity contribution is 7.68. The van der Waals surface area contributed by atoms with Crippen molar-refractivity contribution in [1.82, 2.24) is 19.7 Å². The lowest BCUT2D eigenvalue weighted by Gasteiger charge is -1.96. The Labute approximate surface area is 109 Å². The molecule has 0 aliphatic rings. The average molecular weight is 285 g/mol. The Bertz CT molecular complexity index is 670. The fourth-order valence-corrected chi connectivity index (χ4v) is 2.57. The number of aromatic nitrogens is 4. The molecular formula is C8H7N5O3S2. The monoisotopic (exact) mass is 285 g/mol. The third-order valence-corrected chi connectivity index (χ3v) is 3.69. The topological polar surface area (TPSA) is 104 Å². The normalized spacial score (nSPS) is 10.3. The smallest absolute Gasteiger partial charge is 0.342 e. The molecule has 8 nitrogen and oxygen atoms in total. The van der Waals surface area contributed by atoms with Crippen molar-refractivity contribution in [3.05, 3.63) is 32.2 Å². The second-order valence-electron chi connectivity index (χ2n) is 3.29. The summed E-state index contributed by atoms with van der Waals surface area (Å²) in [5.74, 6) is 0.0376. The number of hydrogen-bond acceptors (Lipinski definition) is 7. The number of imidazole rings is 1. The van der Waals surface area contributed by atoms with Crippen molar-refractivity contribution in [2.24, 2.45) is 7.05 Å². The maximum absolute atomic E-state index is 11.2. The highest BCUT2D eigenvalue weighted by Crippen LogP contribution is 2.17. The van der Waals surface area contributed by atoms with Gasteiger partial charge in [-0.1, -0.05) is 11.3 Å². The van der Waals surface area contributed by atoms with Gasteiger partial charge in [-0.3, -0.25) is 0 Å². The van der Waals surface area contributed by atoms with Crippen molar-refractivity contribution in [3.63, 3.8) is 0 Å². The van der Waals surface area contributed by atoms with E-state index < -0.39 is 4.92 Å². The van der Waals surface area contributed by atoms with Crippen LogP contribution < -0.4 is 0 Å². The quantitative estimate of drug-likeness (QED) is 0.347. The van der Waals surface area contributed by atoms with Crippen LogP contribution in [0.15, 0.2) is 6.20 Å². The summed E-state index contributed by atoms with van der Waals surface area (Å²) >= 11 is 1.44. The molecule has 18 heavy (non-hydrogen) atoms. The van der Waals surface area contributed by atoms with Crippen molar-refractivity contribution in [2.75, 3.05) is 0 Å². The lowest BCUT2D eigenvalue weighted by molar-refractivity contribution is -0.391. The van der Waals surface area contributed by atoms with Crippen LogP contribution in [-0.2, 0) is 18.3 Å². The summed E-state index contributed by atoms with van der Waals surface area (Å²) < 4.78 is 12.4. The molecule has 0 N–H and O–H groups in total. The highest BCUT2D eigenvalue weighted by atomic mass is 32.1. The van der Waals surface area contributed by atoms with Crippen molar-refractivity contribution < 1.29 is 9.13 Å². The molecule has 2 aromatic rings. The Morgan fingerprint density at radius 1 is 1.56 bits per heavy atom. The summed E-state index contributed by atoms with van der Waals surface area (Å²) in [4.78, 5) is 14.3. The van der Waals surface area contributed by atoms with Crippen LogP contribution in [0.5, 0.6) is 0 Å². The Balaban J connectivity index is 2.54. The number of hydrogen-bond donors (Lipinski definition) is 0. The second kappa shape index (κ2) is 4.74. The largest absolute Gasteiger partial charge is 0.358 e. The van der Waals surface area contributed by atoms with E-state index in [0.29, 0.717) is 10.0 Å². The lowest BCUT2D eigenvalue weighted by Crippen LogP contribution is -2.11. The first-order valence-corrected chi connectivity index (χ1v) is 6.24. The van der Waals surface area contributed by atoms with E-state index in [1.54, 1.807) is 6.92 Å². The standard InChI is InChI=1S/C8H7N5O3S2/c1-4-10-11-8(17-4)6(18-16)7-9-3-5(12(7)2)13(14)15/h3H,1-2H3. The molecule has 0 unspecified atom stereocenters. The Hall–Kier alpha value is -1.94. The van der Waals surface area contributed by atoms with E-state index in [1.807, 2.05) is 0 Å². The van der Waals surface area contributed by atoms with Crippen molar-refractivity contribution in [1.29, 1.82) is 0 Å². The molecule has 0 aromatic carbocycles. The van der Waals surface area contributed by atoms with Crippen molar-refractivity contribution in [2.45, 2.75) is 6.92 Å². The van der Waals surface area contributed by atoms with Gasteiger partial charge in [0.15, 0.2) is 9.87 Å². The third-order valence-electron chi connectivity index (χ3n) is 2.16. The minimum Gasteiger partial charge on any atom is -0.358 e. The molecule has 10 heteroatoms. The van der Waals surface area contributed by atoms with Gasteiger partial charge in [0, 0.05) is 0 Å². The molecule has 0 radical (unpaired) electrons. The lowest BCUT2D eigenvalue weighted by atomic mass is 10.4.